The minimum absolute atomic E-state index is 0.120. The maximum atomic E-state index is 5.96. The summed E-state index contributed by atoms with van der Waals surface area (Å²) < 4.78 is 5.80. The van der Waals surface area contributed by atoms with E-state index in [0.29, 0.717) is 11.8 Å². The first-order chi connectivity index (χ1) is 7.66. The Morgan fingerprint density at radius 1 is 1.38 bits per heavy atom. The van der Waals surface area contributed by atoms with Crippen molar-refractivity contribution in [3.63, 3.8) is 0 Å². The second kappa shape index (κ2) is 4.78. The summed E-state index contributed by atoms with van der Waals surface area (Å²) in [6.45, 7) is 4.21. The van der Waals surface area contributed by atoms with Crippen LogP contribution in [0, 0.1) is 0 Å². The van der Waals surface area contributed by atoms with E-state index in [4.69, 9.17) is 10.5 Å². The molecular weight excluding hydrogens is 202 g/mol. The number of nitrogens with zero attached hydrogens (tertiary/aromatic N) is 2. The van der Waals surface area contributed by atoms with Crippen molar-refractivity contribution < 1.29 is 4.74 Å². The van der Waals surface area contributed by atoms with Gasteiger partial charge in [0.1, 0.15) is 12.4 Å². The zero-order valence-corrected chi connectivity index (χ0v) is 9.89. The molecule has 1 aromatic rings. The molecule has 2 unspecified atom stereocenters. The second-order valence-electron chi connectivity index (χ2n) is 4.69. The first-order valence-electron chi connectivity index (χ1n) is 5.91. The Bertz CT molecular complexity index is 354. The first kappa shape index (κ1) is 11.3. The largest absolute Gasteiger partial charge is 0.473 e. The van der Waals surface area contributed by atoms with Crippen LogP contribution in [0.2, 0.25) is 0 Å². The fourth-order valence-corrected chi connectivity index (χ4v) is 1.99. The van der Waals surface area contributed by atoms with E-state index in [2.05, 4.69) is 23.8 Å². The monoisotopic (exact) mass is 221 g/mol. The third kappa shape index (κ3) is 2.50. The van der Waals surface area contributed by atoms with E-state index in [1.807, 2.05) is 6.07 Å². The van der Waals surface area contributed by atoms with Crippen molar-refractivity contribution in [2.75, 3.05) is 0 Å². The van der Waals surface area contributed by atoms with E-state index in [0.717, 1.165) is 25.0 Å². The SMILES string of the molecule is CC(C)c1cc(OC2CCCC2N)ncn1. The lowest BCUT2D eigenvalue weighted by atomic mass is 10.1. The maximum Gasteiger partial charge on any atom is 0.216 e. The fraction of sp³-hybridized carbons (Fsp3) is 0.667. The van der Waals surface area contributed by atoms with Crippen LogP contribution in [0.5, 0.6) is 5.88 Å². The van der Waals surface area contributed by atoms with Crippen LogP contribution in [0.3, 0.4) is 0 Å². The van der Waals surface area contributed by atoms with E-state index in [1.54, 1.807) is 6.33 Å². The summed E-state index contributed by atoms with van der Waals surface area (Å²) in [7, 11) is 0. The zero-order chi connectivity index (χ0) is 11.5. The normalized spacial score (nSPS) is 25.0. The Hall–Kier alpha value is -1.16. The van der Waals surface area contributed by atoms with Gasteiger partial charge < -0.3 is 10.5 Å². The highest BCUT2D eigenvalue weighted by Crippen LogP contribution is 2.23. The third-order valence-electron chi connectivity index (χ3n) is 3.03. The van der Waals surface area contributed by atoms with E-state index in [1.165, 1.54) is 0 Å². The number of rotatable bonds is 3. The first-order valence-corrected chi connectivity index (χ1v) is 5.91. The van der Waals surface area contributed by atoms with E-state index in [9.17, 15) is 0 Å². The van der Waals surface area contributed by atoms with Crippen LogP contribution in [-0.2, 0) is 0 Å². The molecule has 0 bridgehead atoms. The van der Waals surface area contributed by atoms with Gasteiger partial charge in [0.25, 0.3) is 0 Å². The van der Waals surface area contributed by atoms with Crippen molar-refractivity contribution in [1.82, 2.24) is 9.97 Å². The molecular formula is C12H19N3O. The summed E-state index contributed by atoms with van der Waals surface area (Å²) in [6.07, 6.45) is 4.91. The summed E-state index contributed by atoms with van der Waals surface area (Å²) in [5, 5.41) is 0. The third-order valence-corrected chi connectivity index (χ3v) is 3.03. The van der Waals surface area contributed by atoms with Gasteiger partial charge in [0.2, 0.25) is 5.88 Å². The molecule has 4 nitrogen and oxygen atoms in total. The van der Waals surface area contributed by atoms with Gasteiger partial charge in [0.15, 0.2) is 0 Å². The quantitative estimate of drug-likeness (QED) is 0.846. The van der Waals surface area contributed by atoms with Crippen LogP contribution in [0.25, 0.3) is 0 Å². The number of nitrogens with two attached hydrogens (primary N) is 1. The fourth-order valence-electron chi connectivity index (χ4n) is 1.99. The van der Waals surface area contributed by atoms with Crippen molar-refractivity contribution in [3.8, 4) is 5.88 Å². The summed E-state index contributed by atoms with van der Waals surface area (Å²) in [5.74, 6) is 1.05. The minimum atomic E-state index is 0.120. The molecule has 2 N–H and O–H groups in total. The molecule has 1 aliphatic carbocycles. The standard InChI is InChI=1S/C12H19N3O/c1-8(2)10-6-12(15-7-14-10)16-11-5-3-4-9(11)13/h6-9,11H,3-5,13H2,1-2H3. The maximum absolute atomic E-state index is 5.96. The molecule has 1 saturated carbocycles. The molecule has 2 atom stereocenters. The molecule has 0 aromatic carbocycles. The molecule has 0 saturated heterocycles. The number of aromatic nitrogens is 2. The van der Waals surface area contributed by atoms with Crippen molar-refractivity contribution in [1.29, 1.82) is 0 Å². The zero-order valence-electron chi connectivity index (χ0n) is 9.89. The van der Waals surface area contributed by atoms with E-state index < -0.39 is 0 Å². The summed E-state index contributed by atoms with van der Waals surface area (Å²) in [5.41, 5.74) is 6.97. The van der Waals surface area contributed by atoms with Crippen molar-refractivity contribution in [2.24, 2.45) is 5.73 Å². The predicted octanol–water partition coefficient (Wildman–Crippen LogP) is 1.86. The topological polar surface area (TPSA) is 61.0 Å². The molecule has 1 heterocycles. The van der Waals surface area contributed by atoms with Gasteiger partial charge in [-0.2, -0.15) is 0 Å². The molecule has 0 spiro atoms. The van der Waals surface area contributed by atoms with Gasteiger partial charge in [-0.15, -0.1) is 0 Å². The van der Waals surface area contributed by atoms with E-state index in [-0.39, 0.29) is 12.1 Å². The average Bonchev–Trinajstić information content (AvgIpc) is 2.65. The Morgan fingerprint density at radius 3 is 2.81 bits per heavy atom. The van der Waals surface area contributed by atoms with Crippen molar-refractivity contribution in [2.45, 2.75) is 51.2 Å². The van der Waals surface area contributed by atoms with E-state index >= 15 is 0 Å². The molecule has 16 heavy (non-hydrogen) atoms. The average molecular weight is 221 g/mol. The lowest BCUT2D eigenvalue weighted by Gasteiger charge is -2.17. The highest BCUT2D eigenvalue weighted by atomic mass is 16.5. The van der Waals surface area contributed by atoms with Crippen LogP contribution in [0.4, 0.5) is 0 Å². The summed E-state index contributed by atoms with van der Waals surface area (Å²) >= 11 is 0. The van der Waals surface area contributed by atoms with Crippen molar-refractivity contribution in [3.05, 3.63) is 18.1 Å². The van der Waals surface area contributed by atoms with Crippen LogP contribution >= 0.6 is 0 Å². The minimum Gasteiger partial charge on any atom is -0.473 e. The Morgan fingerprint density at radius 2 is 2.19 bits per heavy atom. The van der Waals surface area contributed by atoms with Crippen LogP contribution in [-0.4, -0.2) is 22.1 Å². The molecule has 0 radical (unpaired) electrons. The smallest absolute Gasteiger partial charge is 0.216 e. The Kier molecular flexibility index (Phi) is 3.39. The molecule has 88 valence electrons. The lowest BCUT2D eigenvalue weighted by molar-refractivity contribution is 0.183. The van der Waals surface area contributed by atoms with Gasteiger partial charge in [0.05, 0.1) is 5.69 Å². The van der Waals surface area contributed by atoms with Crippen LogP contribution < -0.4 is 10.5 Å². The molecule has 0 amide bonds. The van der Waals surface area contributed by atoms with Gasteiger partial charge >= 0.3 is 0 Å². The highest BCUT2D eigenvalue weighted by Gasteiger charge is 2.26. The van der Waals surface area contributed by atoms with Gasteiger partial charge in [-0.25, -0.2) is 9.97 Å². The lowest BCUT2D eigenvalue weighted by Crippen LogP contribution is -2.33. The molecule has 1 aliphatic rings. The molecule has 1 aromatic heterocycles. The number of hydrogen-bond donors (Lipinski definition) is 1. The second-order valence-corrected chi connectivity index (χ2v) is 4.69. The molecule has 1 fully saturated rings. The number of ether oxygens (including phenoxy) is 1. The molecule has 0 aliphatic heterocycles. The van der Waals surface area contributed by atoms with Gasteiger partial charge in [-0.1, -0.05) is 13.8 Å². The Labute approximate surface area is 96.2 Å². The number of hydrogen-bond acceptors (Lipinski definition) is 4. The van der Waals surface area contributed by atoms with Crippen LogP contribution in [0.1, 0.15) is 44.7 Å². The van der Waals surface area contributed by atoms with Gasteiger partial charge in [0, 0.05) is 12.1 Å². The summed E-state index contributed by atoms with van der Waals surface area (Å²) in [4.78, 5) is 8.34. The summed E-state index contributed by atoms with van der Waals surface area (Å²) in [6, 6.07) is 2.06. The molecule has 2 rings (SSSR count). The predicted molar refractivity (Wildman–Crippen MR) is 62.4 cm³/mol. The Balaban J connectivity index is 2.06. The molecule has 4 heteroatoms. The van der Waals surface area contributed by atoms with Crippen molar-refractivity contribution >= 4 is 0 Å². The van der Waals surface area contributed by atoms with Gasteiger partial charge in [-0.05, 0) is 25.2 Å². The highest BCUT2D eigenvalue weighted by molar-refractivity contribution is 5.16. The van der Waals surface area contributed by atoms with Crippen LogP contribution in [0.15, 0.2) is 12.4 Å². The van der Waals surface area contributed by atoms with Gasteiger partial charge in [-0.3, -0.25) is 0 Å².